The minimum absolute atomic E-state index is 0.0205. The van der Waals surface area contributed by atoms with Crippen LogP contribution in [0.15, 0.2) is 10.4 Å². The van der Waals surface area contributed by atoms with Crippen LogP contribution in [0.4, 0.5) is 5.13 Å². The molecule has 17 heavy (non-hydrogen) atoms. The molecular weight excluding hydrogens is 256 g/mol. The van der Waals surface area contributed by atoms with E-state index in [-0.39, 0.29) is 5.96 Å². The van der Waals surface area contributed by atoms with Gasteiger partial charge in [0.05, 0.1) is 5.69 Å². The van der Waals surface area contributed by atoms with Gasteiger partial charge in [0.1, 0.15) is 5.78 Å². The smallest absolute Gasteiger partial charge is 0.212 e. The monoisotopic (exact) mass is 272 g/mol. The molecule has 0 saturated carbocycles. The predicted octanol–water partition coefficient (Wildman–Crippen LogP) is 1.65. The molecule has 0 atom stereocenters. The highest BCUT2D eigenvalue weighted by atomic mass is 32.2. The van der Waals surface area contributed by atoms with Crippen LogP contribution in [0.1, 0.15) is 25.5 Å². The number of nitrogens with zero attached hydrogens (tertiary/aromatic N) is 2. The van der Waals surface area contributed by atoms with Gasteiger partial charge in [-0.15, -0.1) is 11.3 Å². The summed E-state index contributed by atoms with van der Waals surface area (Å²) < 4.78 is 0. The van der Waals surface area contributed by atoms with Crippen molar-refractivity contribution < 1.29 is 4.79 Å². The number of hydrogen-bond acceptors (Lipinski definition) is 5. The Bertz CT molecular complexity index is 399. The zero-order chi connectivity index (χ0) is 12.7. The van der Waals surface area contributed by atoms with E-state index in [1.165, 1.54) is 11.3 Å². The van der Waals surface area contributed by atoms with Gasteiger partial charge in [-0.1, -0.05) is 6.92 Å². The van der Waals surface area contributed by atoms with E-state index < -0.39 is 0 Å². The largest absolute Gasteiger partial charge is 0.370 e. The van der Waals surface area contributed by atoms with Crippen LogP contribution in [0.3, 0.4) is 0 Å². The molecule has 7 heteroatoms. The number of rotatable bonds is 7. The second kappa shape index (κ2) is 7.29. The minimum atomic E-state index is 0.0205. The van der Waals surface area contributed by atoms with Gasteiger partial charge in [0.2, 0.25) is 5.13 Å². The maximum Gasteiger partial charge on any atom is 0.212 e. The van der Waals surface area contributed by atoms with Gasteiger partial charge in [-0.05, 0) is 0 Å². The van der Waals surface area contributed by atoms with Gasteiger partial charge >= 0.3 is 0 Å². The lowest BCUT2D eigenvalue weighted by Gasteiger charge is -1.97. The van der Waals surface area contributed by atoms with Gasteiger partial charge in [-0.25, -0.2) is 4.98 Å². The molecule has 0 radical (unpaired) electrons. The van der Waals surface area contributed by atoms with E-state index in [4.69, 9.17) is 11.5 Å². The Kier molecular flexibility index (Phi) is 5.99. The average molecular weight is 272 g/mol. The molecule has 0 saturated heterocycles. The first kappa shape index (κ1) is 14.0. The number of carbonyl (C=O) groups is 1. The highest BCUT2D eigenvalue weighted by Gasteiger charge is 2.03. The van der Waals surface area contributed by atoms with Crippen molar-refractivity contribution in [3.63, 3.8) is 0 Å². The quantitative estimate of drug-likeness (QED) is 0.447. The molecule has 0 aliphatic heterocycles. The van der Waals surface area contributed by atoms with E-state index >= 15 is 0 Å². The van der Waals surface area contributed by atoms with Crippen molar-refractivity contribution in [1.82, 2.24) is 4.98 Å². The molecule has 5 nitrogen and oxygen atoms in total. The van der Waals surface area contributed by atoms with E-state index in [0.717, 1.165) is 17.2 Å². The summed E-state index contributed by atoms with van der Waals surface area (Å²) in [6, 6.07) is 0. The Morgan fingerprint density at radius 2 is 2.35 bits per heavy atom. The number of carbonyl (C=O) groups excluding carboxylic acids is 1. The SMILES string of the molecule is CCC(=O)CCSCc1csc(N=C(N)N)n1. The molecule has 4 N–H and O–H groups in total. The number of guanidine groups is 1. The number of aromatic nitrogens is 1. The zero-order valence-electron chi connectivity index (χ0n) is 9.68. The molecule has 1 aromatic heterocycles. The number of nitrogens with two attached hydrogens (primary N) is 2. The second-order valence-corrected chi connectivity index (χ2v) is 5.29. The fourth-order valence-corrected chi connectivity index (χ4v) is 2.75. The number of ketones is 1. The van der Waals surface area contributed by atoms with E-state index in [9.17, 15) is 4.79 Å². The molecule has 0 aliphatic carbocycles. The van der Waals surface area contributed by atoms with E-state index in [2.05, 4.69) is 9.98 Å². The molecule has 0 fully saturated rings. The van der Waals surface area contributed by atoms with Gasteiger partial charge in [0, 0.05) is 29.7 Å². The summed E-state index contributed by atoms with van der Waals surface area (Å²) >= 11 is 3.10. The molecule has 1 rings (SSSR count). The highest BCUT2D eigenvalue weighted by Crippen LogP contribution is 2.21. The molecule has 94 valence electrons. The molecule has 1 heterocycles. The third-order valence-electron chi connectivity index (χ3n) is 1.93. The Balaban J connectivity index is 2.30. The first-order chi connectivity index (χ1) is 8.11. The van der Waals surface area contributed by atoms with Gasteiger partial charge < -0.3 is 11.5 Å². The van der Waals surface area contributed by atoms with Crippen molar-refractivity contribution in [3.8, 4) is 0 Å². The van der Waals surface area contributed by atoms with E-state index in [0.29, 0.717) is 23.8 Å². The van der Waals surface area contributed by atoms with Crippen LogP contribution in [0.5, 0.6) is 0 Å². The summed E-state index contributed by atoms with van der Waals surface area (Å²) in [6.45, 7) is 1.88. The van der Waals surface area contributed by atoms with Crippen molar-refractivity contribution >= 4 is 40.0 Å². The number of thiazole rings is 1. The molecule has 0 amide bonds. The average Bonchev–Trinajstić information content (AvgIpc) is 2.70. The fraction of sp³-hybridized carbons (Fsp3) is 0.500. The summed E-state index contributed by atoms with van der Waals surface area (Å²) in [5.41, 5.74) is 11.5. The lowest BCUT2D eigenvalue weighted by Crippen LogP contribution is -2.21. The van der Waals surface area contributed by atoms with Gasteiger partial charge in [-0.3, -0.25) is 4.79 Å². The Labute approximate surface area is 109 Å². The van der Waals surface area contributed by atoms with Crippen molar-refractivity contribution in [2.45, 2.75) is 25.5 Å². The van der Waals surface area contributed by atoms with Crippen LogP contribution in [-0.4, -0.2) is 22.5 Å². The molecule has 0 aliphatic rings. The third-order valence-corrected chi connectivity index (χ3v) is 3.71. The summed E-state index contributed by atoms with van der Waals surface area (Å²) in [5.74, 6) is 1.94. The maximum atomic E-state index is 11.1. The van der Waals surface area contributed by atoms with Crippen LogP contribution in [-0.2, 0) is 10.5 Å². The fourth-order valence-electron chi connectivity index (χ4n) is 1.06. The van der Waals surface area contributed by atoms with Crippen molar-refractivity contribution in [3.05, 3.63) is 11.1 Å². The number of thioether (sulfide) groups is 1. The molecule has 0 aromatic carbocycles. The summed E-state index contributed by atoms with van der Waals surface area (Å²) in [7, 11) is 0. The summed E-state index contributed by atoms with van der Waals surface area (Å²) in [6.07, 6.45) is 1.25. The molecule has 1 aromatic rings. The molecular formula is C10H16N4OS2. The lowest BCUT2D eigenvalue weighted by molar-refractivity contribution is -0.118. The third kappa shape index (κ3) is 5.69. The minimum Gasteiger partial charge on any atom is -0.370 e. The van der Waals surface area contributed by atoms with Crippen molar-refractivity contribution in [2.24, 2.45) is 16.5 Å². The van der Waals surface area contributed by atoms with Gasteiger partial charge in [0.25, 0.3) is 0 Å². The topological polar surface area (TPSA) is 94.4 Å². The Morgan fingerprint density at radius 1 is 1.59 bits per heavy atom. The second-order valence-electron chi connectivity index (χ2n) is 3.35. The van der Waals surface area contributed by atoms with E-state index in [1.54, 1.807) is 11.8 Å². The van der Waals surface area contributed by atoms with Crippen LogP contribution >= 0.6 is 23.1 Å². The Morgan fingerprint density at radius 3 is 3.00 bits per heavy atom. The molecule has 0 spiro atoms. The standard InChI is InChI=1S/C10H16N4OS2/c1-2-8(15)3-4-16-5-7-6-17-10(13-7)14-9(11)12/h6H,2-5H2,1H3,(H4,11,12,13,14). The Hall–Kier alpha value is -1.08. The van der Waals surface area contributed by atoms with Crippen LogP contribution in [0.2, 0.25) is 0 Å². The number of hydrogen-bond donors (Lipinski definition) is 2. The lowest BCUT2D eigenvalue weighted by atomic mass is 10.2. The summed E-state index contributed by atoms with van der Waals surface area (Å²) in [5, 5.41) is 2.50. The molecule has 0 bridgehead atoms. The van der Waals surface area contributed by atoms with Crippen LogP contribution in [0, 0.1) is 0 Å². The zero-order valence-corrected chi connectivity index (χ0v) is 11.3. The van der Waals surface area contributed by atoms with Crippen molar-refractivity contribution in [1.29, 1.82) is 0 Å². The predicted molar refractivity (Wildman–Crippen MR) is 73.7 cm³/mol. The van der Waals surface area contributed by atoms with Gasteiger partial charge in [0.15, 0.2) is 5.96 Å². The van der Waals surface area contributed by atoms with Crippen molar-refractivity contribution in [2.75, 3.05) is 5.75 Å². The van der Waals surface area contributed by atoms with Crippen LogP contribution < -0.4 is 11.5 Å². The first-order valence-electron chi connectivity index (χ1n) is 5.25. The number of Topliss-reactive ketones (excluding diaryl/α,β-unsaturated/α-hetero) is 1. The normalized spacial score (nSPS) is 10.2. The van der Waals surface area contributed by atoms with Gasteiger partial charge in [-0.2, -0.15) is 16.8 Å². The highest BCUT2D eigenvalue weighted by molar-refractivity contribution is 7.98. The molecule has 0 unspecified atom stereocenters. The van der Waals surface area contributed by atoms with E-state index in [1.807, 2.05) is 12.3 Å². The first-order valence-corrected chi connectivity index (χ1v) is 7.28. The summed E-state index contributed by atoms with van der Waals surface area (Å²) in [4.78, 5) is 19.2. The maximum absolute atomic E-state index is 11.1. The van der Waals surface area contributed by atoms with Crippen LogP contribution in [0.25, 0.3) is 0 Å². The number of aliphatic imine (C=N–C) groups is 1.